The first-order valence-electron chi connectivity index (χ1n) is 6.51. The second kappa shape index (κ2) is 5.65. The molecule has 0 aliphatic carbocycles. The maximum atomic E-state index is 11.7. The van der Waals surface area contributed by atoms with Crippen LogP contribution in [0.3, 0.4) is 0 Å². The van der Waals surface area contributed by atoms with Gasteiger partial charge in [-0.1, -0.05) is 11.6 Å². The van der Waals surface area contributed by atoms with Crippen LogP contribution in [-0.4, -0.2) is 16.9 Å². The van der Waals surface area contributed by atoms with Gasteiger partial charge in [0.2, 0.25) is 6.10 Å². The third-order valence-corrected chi connectivity index (χ3v) is 3.65. The van der Waals surface area contributed by atoms with Gasteiger partial charge >= 0.3 is 0 Å². The molecule has 1 heterocycles. The van der Waals surface area contributed by atoms with E-state index in [1.165, 1.54) is 12.1 Å². The standard InChI is InChI=1S/C15H11ClN2O4/c16-10-3-7-12(8-4-10)22-14-13(17-15(14)19)9-1-5-11(6-2-9)18(20)21/h1-8,13-14H,(H,17,19)/t13-,14+/m1/s1. The predicted octanol–water partition coefficient (Wildman–Crippen LogP) is 2.87. The predicted molar refractivity (Wildman–Crippen MR) is 79.8 cm³/mol. The highest BCUT2D eigenvalue weighted by atomic mass is 35.5. The molecule has 22 heavy (non-hydrogen) atoms. The molecule has 0 aromatic heterocycles. The van der Waals surface area contributed by atoms with E-state index >= 15 is 0 Å². The first-order chi connectivity index (χ1) is 10.5. The number of β-lactam (4-membered cyclic amide) rings is 1. The van der Waals surface area contributed by atoms with E-state index < -0.39 is 11.0 Å². The number of nitrogens with one attached hydrogen (secondary N) is 1. The van der Waals surface area contributed by atoms with Crippen molar-refractivity contribution in [2.24, 2.45) is 0 Å². The Morgan fingerprint density at radius 3 is 2.27 bits per heavy atom. The molecule has 2 aromatic rings. The maximum absolute atomic E-state index is 11.7. The number of rotatable bonds is 4. The summed E-state index contributed by atoms with van der Waals surface area (Å²) >= 11 is 5.80. The number of carbonyl (C=O) groups is 1. The average Bonchev–Trinajstić information content (AvgIpc) is 2.52. The van der Waals surface area contributed by atoms with Gasteiger partial charge < -0.3 is 10.1 Å². The molecule has 1 saturated heterocycles. The zero-order valence-corrected chi connectivity index (χ0v) is 12.0. The van der Waals surface area contributed by atoms with Crippen LogP contribution in [0.25, 0.3) is 0 Å². The molecule has 2 aromatic carbocycles. The summed E-state index contributed by atoms with van der Waals surface area (Å²) < 4.78 is 5.66. The average molecular weight is 319 g/mol. The van der Waals surface area contributed by atoms with Crippen LogP contribution in [0.4, 0.5) is 5.69 Å². The minimum Gasteiger partial charge on any atom is -0.478 e. The Morgan fingerprint density at radius 1 is 1.09 bits per heavy atom. The van der Waals surface area contributed by atoms with Gasteiger partial charge in [-0.2, -0.15) is 0 Å². The van der Waals surface area contributed by atoms with Crippen LogP contribution >= 0.6 is 11.6 Å². The summed E-state index contributed by atoms with van der Waals surface area (Å²) in [5, 5.41) is 14.0. The Bertz CT molecular complexity index is 715. The molecule has 7 heteroatoms. The number of hydrogen-bond donors (Lipinski definition) is 1. The van der Waals surface area contributed by atoms with Crippen LogP contribution < -0.4 is 10.1 Å². The third kappa shape index (κ3) is 2.73. The van der Waals surface area contributed by atoms with Gasteiger partial charge in [-0.05, 0) is 42.0 Å². The summed E-state index contributed by atoms with van der Waals surface area (Å²) in [5.74, 6) is 0.314. The number of nitro groups is 1. The van der Waals surface area contributed by atoms with Crippen LogP contribution in [0.5, 0.6) is 5.75 Å². The van der Waals surface area contributed by atoms with E-state index in [2.05, 4.69) is 5.32 Å². The van der Waals surface area contributed by atoms with Crippen LogP contribution in [0.1, 0.15) is 11.6 Å². The van der Waals surface area contributed by atoms with E-state index in [0.717, 1.165) is 5.56 Å². The highest BCUT2D eigenvalue weighted by Crippen LogP contribution is 2.30. The Morgan fingerprint density at radius 2 is 1.73 bits per heavy atom. The van der Waals surface area contributed by atoms with Crippen molar-refractivity contribution in [3.63, 3.8) is 0 Å². The van der Waals surface area contributed by atoms with E-state index in [0.29, 0.717) is 10.8 Å². The SMILES string of the molecule is O=C1N[C@H](c2ccc([N+](=O)[O-])cc2)[C@@H]1Oc1ccc(Cl)cc1. The van der Waals surface area contributed by atoms with E-state index in [9.17, 15) is 14.9 Å². The number of benzene rings is 2. The normalized spacial score (nSPS) is 20.0. The molecule has 1 fully saturated rings. The van der Waals surface area contributed by atoms with Gasteiger partial charge in [0.1, 0.15) is 11.8 Å². The lowest BCUT2D eigenvalue weighted by molar-refractivity contribution is -0.384. The van der Waals surface area contributed by atoms with Crippen molar-refractivity contribution in [1.82, 2.24) is 5.32 Å². The molecule has 1 aliphatic rings. The lowest BCUT2D eigenvalue weighted by atomic mass is 9.93. The van der Waals surface area contributed by atoms with Crippen molar-refractivity contribution in [3.05, 3.63) is 69.2 Å². The maximum Gasteiger partial charge on any atom is 0.269 e. The van der Waals surface area contributed by atoms with Gasteiger partial charge in [-0.25, -0.2) is 0 Å². The lowest BCUT2D eigenvalue weighted by Gasteiger charge is -2.36. The molecule has 0 unspecified atom stereocenters. The first kappa shape index (κ1) is 14.3. The monoisotopic (exact) mass is 318 g/mol. The second-order valence-corrected chi connectivity index (χ2v) is 5.26. The van der Waals surface area contributed by atoms with Crippen LogP contribution in [-0.2, 0) is 4.79 Å². The van der Waals surface area contributed by atoms with Crippen LogP contribution in [0, 0.1) is 10.1 Å². The minimum absolute atomic E-state index is 0.00423. The molecular formula is C15H11ClN2O4. The Labute approximate surface area is 130 Å². The number of hydrogen-bond acceptors (Lipinski definition) is 4. The Hall–Kier alpha value is -2.60. The van der Waals surface area contributed by atoms with Gasteiger partial charge in [0, 0.05) is 17.2 Å². The highest BCUT2D eigenvalue weighted by molar-refractivity contribution is 6.30. The van der Waals surface area contributed by atoms with Gasteiger partial charge in [0.05, 0.1) is 4.92 Å². The molecule has 0 saturated carbocycles. The molecule has 6 nitrogen and oxygen atoms in total. The number of nitro benzene ring substituents is 1. The quantitative estimate of drug-likeness (QED) is 0.534. The van der Waals surface area contributed by atoms with E-state index in [1.54, 1.807) is 36.4 Å². The van der Waals surface area contributed by atoms with Crippen molar-refractivity contribution in [3.8, 4) is 5.75 Å². The molecule has 1 amide bonds. The number of amides is 1. The van der Waals surface area contributed by atoms with Gasteiger partial charge in [-0.3, -0.25) is 14.9 Å². The van der Waals surface area contributed by atoms with Gasteiger partial charge in [-0.15, -0.1) is 0 Å². The van der Waals surface area contributed by atoms with Crippen molar-refractivity contribution >= 4 is 23.2 Å². The number of nitrogens with zero attached hydrogens (tertiary/aromatic N) is 1. The summed E-state index contributed by atoms with van der Waals surface area (Å²) in [5.41, 5.74) is 0.758. The van der Waals surface area contributed by atoms with Gasteiger partial charge in [0.15, 0.2) is 0 Å². The molecule has 2 atom stereocenters. The fourth-order valence-corrected chi connectivity index (χ4v) is 2.34. The second-order valence-electron chi connectivity index (χ2n) is 4.83. The largest absolute Gasteiger partial charge is 0.478 e. The first-order valence-corrected chi connectivity index (χ1v) is 6.89. The molecule has 1 N–H and O–H groups in total. The third-order valence-electron chi connectivity index (χ3n) is 3.40. The summed E-state index contributed by atoms with van der Waals surface area (Å²) in [4.78, 5) is 21.9. The van der Waals surface area contributed by atoms with Crippen molar-refractivity contribution in [2.45, 2.75) is 12.1 Å². The molecule has 0 bridgehead atoms. The number of ether oxygens (including phenoxy) is 1. The summed E-state index contributed by atoms with van der Waals surface area (Å²) in [7, 11) is 0. The molecule has 1 aliphatic heterocycles. The van der Waals surface area contributed by atoms with Crippen molar-refractivity contribution in [1.29, 1.82) is 0 Å². The number of non-ortho nitro benzene ring substituents is 1. The number of carbonyl (C=O) groups excluding carboxylic acids is 1. The fourth-order valence-electron chi connectivity index (χ4n) is 2.21. The Balaban J connectivity index is 1.75. The lowest BCUT2D eigenvalue weighted by Crippen LogP contribution is -2.58. The summed E-state index contributed by atoms with van der Waals surface area (Å²) in [6.07, 6.45) is -0.664. The minimum atomic E-state index is -0.664. The smallest absolute Gasteiger partial charge is 0.269 e. The van der Waals surface area contributed by atoms with E-state index in [1.807, 2.05) is 0 Å². The molecule has 0 spiro atoms. The van der Waals surface area contributed by atoms with Crippen LogP contribution in [0.2, 0.25) is 5.02 Å². The molecule has 3 rings (SSSR count). The van der Waals surface area contributed by atoms with E-state index in [4.69, 9.17) is 16.3 Å². The zero-order valence-electron chi connectivity index (χ0n) is 11.2. The molecular weight excluding hydrogens is 308 g/mol. The highest BCUT2D eigenvalue weighted by Gasteiger charge is 2.42. The topological polar surface area (TPSA) is 81.5 Å². The van der Waals surface area contributed by atoms with Crippen molar-refractivity contribution < 1.29 is 14.5 Å². The van der Waals surface area contributed by atoms with Gasteiger partial charge in [0.25, 0.3) is 11.6 Å². The summed E-state index contributed by atoms with van der Waals surface area (Å²) in [6.45, 7) is 0. The Kier molecular flexibility index (Phi) is 3.68. The fraction of sp³-hybridized carbons (Fsp3) is 0.133. The summed E-state index contributed by atoms with van der Waals surface area (Å²) in [6, 6.07) is 12.4. The van der Waals surface area contributed by atoms with Crippen molar-refractivity contribution in [2.75, 3.05) is 0 Å². The number of halogens is 1. The van der Waals surface area contributed by atoms with E-state index in [-0.39, 0.29) is 17.6 Å². The van der Waals surface area contributed by atoms with Crippen LogP contribution in [0.15, 0.2) is 48.5 Å². The molecule has 112 valence electrons. The molecule has 0 radical (unpaired) electrons. The zero-order chi connectivity index (χ0) is 15.7.